The quantitative estimate of drug-likeness (QED) is 0.750. The van der Waals surface area contributed by atoms with E-state index in [1.807, 2.05) is 20.8 Å². The highest BCUT2D eigenvalue weighted by atomic mass is 35.5. The van der Waals surface area contributed by atoms with E-state index in [4.69, 9.17) is 21.1 Å². The summed E-state index contributed by atoms with van der Waals surface area (Å²) in [6, 6.07) is 4.27. The van der Waals surface area contributed by atoms with Gasteiger partial charge in [-0.2, -0.15) is 4.31 Å². The van der Waals surface area contributed by atoms with E-state index in [-0.39, 0.29) is 34.2 Å². The van der Waals surface area contributed by atoms with Gasteiger partial charge in [-0.05, 0) is 31.0 Å². The topological polar surface area (TPSA) is 84.9 Å². The van der Waals surface area contributed by atoms with E-state index in [1.54, 1.807) is 0 Å². The maximum absolute atomic E-state index is 12.6. The number of nitrogens with one attached hydrogen (secondary N) is 1. The largest absolute Gasteiger partial charge is 0.482 e. The lowest BCUT2D eigenvalue weighted by Crippen LogP contribution is -2.40. The lowest BCUT2D eigenvalue weighted by Gasteiger charge is -2.26. The van der Waals surface area contributed by atoms with Crippen molar-refractivity contribution in [3.63, 3.8) is 0 Å². The van der Waals surface area contributed by atoms with E-state index >= 15 is 0 Å². The second kappa shape index (κ2) is 9.03. The minimum atomic E-state index is -3.62. The zero-order valence-electron chi connectivity index (χ0n) is 15.2. The molecule has 1 aliphatic rings. The molecule has 7 nitrogen and oxygen atoms in total. The Labute approximate surface area is 159 Å². The number of amides is 1. The van der Waals surface area contributed by atoms with Crippen molar-refractivity contribution in [2.24, 2.45) is 5.92 Å². The Kier molecular flexibility index (Phi) is 7.28. The zero-order valence-corrected chi connectivity index (χ0v) is 16.8. The first-order valence-electron chi connectivity index (χ1n) is 8.51. The fourth-order valence-electron chi connectivity index (χ4n) is 2.30. The van der Waals surface area contributed by atoms with E-state index in [0.717, 1.165) is 0 Å². The zero-order chi connectivity index (χ0) is 19.3. The standard InChI is InChI=1S/C17H25ClN2O5S/c1-12(2)13(3)19-17(21)11-25-16-5-4-14(10-15(16)18)26(22,23)20-6-8-24-9-7-20/h4-5,10,12-13H,6-9,11H2,1-3H3,(H,19,21)/t13-/m1/s1. The fraction of sp³-hybridized carbons (Fsp3) is 0.588. The molecule has 0 aromatic heterocycles. The van der Waals surface area contributed by atoms with Gasteiger partial charge in [0.2, 0.25) is 10.0 Å². The Morgan fingerprint density at radius 2 is 1.96 bits per heavy atom. The van der Waals surface area contributed by atoms with Gasteiger partial charge in [0.1, 0.15) is 5.75 Å². The van der Waals surface area contributed by atoms with E-state index < -0.39 is 10.0 Å². The van der Waals surface area contributed by atoms with Gasteiger partial charge < -0.3 is 14.8 Å². The Hall–Kier alpha value is -1.35. The van der Waals surface area contributed by atoms with Crippen molar-refractivity contribution in [2.75, 3.05) is 32.9 Å². The highest BCUT2D eigenvalue weighted by Gasteiger charge is 2.27. The van der Waals surface area contributed by atoms with Crippen molar-refractivity contribution >= 4 is 27.5 Å². The number of benzene rings is 1. The van der Waals surface area contributed by atoms with E-state index in [2.05, 4.69) is 5.32 Å². The van der Waals surface area contributed by atoms with Crippen LogP contribution in [0.3, 0.4) is 0 Å². The summed E-state index contributed by atoms with van der Waals surface area (Å²) in [6.07, 6.45) is 0. The van der Waals surface area contributed by atoms with Crippen LogP contribution in [-0.4, -0.2) is 57.6 Å². The number of sulfonamides is 1. The molecule has 0 unspecified atom stereocenters. The molecular weight excluding hydrogens is 380 g/mol. The third-order valence-electron chi connectivity index (χ3n) is 4.26. The highest BCUT2D eigenvalue weighted by molar-refractivity contribution is 7.89. The molecule has 2 rings (SSSR count). The van der Waals surface area contributed by atoms with Crippen LogP contribution in [0, 0.1) is 5.92 Å². The van der Waals surface area contributed by atoms with Crippen molar-refractivity contribution in [1.29, 1.82) is 0 Å². The van der Waals surface area contributed by atoms with Crippen LogP contribution in [0.4, 0.5) is 0 Å². The number of halogens is 1. The Morgan fingerprint density at radius 1 is 1.31 bits per heavy atom. The summed E-state index contributed by atoms with van der Waals surface area (Å²) in [5, 5.41) is 2.97. The summed E-state index contributed by atoms with van der Waals surface area (Å²) in [7, 11) is -3.62. The second-order valence-corrected chi connectivity index (χ2v) is 8.84. The Bertz CT molecular complexity index is 733. The molecule has 1 aromatic rings. The molecule has 1 aromatic carbocycles. The number of nitrogens with zero attached hydrogens (tertiary/aromatic N) is 1. The second-order valence-electron chi connectivity index (χ2n) is 6.50. The van der Waals surface area contributed by atoms with Gasteiger partial charge in [-0.25, -0.2) is 8.42 Å². The van der Waals surface area contributed by atoms with Crippen LogP contribution in [0.25, 0.3) is 0 Å². The van der Waals surface area contributed by atoms with Gasteiger partial charge in [-0.1, -0.05) is 25.4 Å². The number of carbonyl (C=O) groups is 1. The number of ether oxygens (including phenoxy) is 2. The lowest BCUT2D eigenvalue weighted by atomic mass is 10.1. The van der Waals surface area contributed by atoms with Gasteiger partial charge in [0, 0.05) is 19.1 Å². The fourth-order valence-corrected chi connectivity index (χ4v) is 4.04. The molecule has 0 aliphatic carbocycles. The molecule has 146 valence electrons. The van der Waals surface area contributed by atoms with Crippen LogP contribution in [0.5, 0.6) is 5.75 Å². The van der Waals surface area contributed by atoms with Crippen molar-refractivity contribution in [2.45, 2.75) is 31.7 Å². The molecule has 1 aliphatic heterocycles. The predicted octanol–water partition coefficient (Wildman–Crippen LogP) is 1.90. The molecule has 1 heterocycles. The van der Waals surface area contributed by atoms with Crippen LogP contribution in [0.15, 0.2) is 23.1 Å². The summed E-state index contributed by atoms with van der Waals surface area (Å²) in [6.45, 7) is 7.12. The molecule has 1 saturated heterocycles. The molecule has 1 atom stereocenters. The molecule has 0 radical (unpaired) electrons. The minimum Gasteiger partial charge on any atom is -0.482 e. The third-order valence-corrected chi connectivity index (χ3v) is 6.45. The SMILES string of the molecule is CC(C)[C@@H](C)NC(=O)COc1ccc(S(=O)(=O)N2CCOCC2)cc1Cl. The van der Waals surface area contributed by atoms with Crippen LogP contribution < -0.4 is 10.1 Å². The third kappa shape index (κ3) is 5.33. The van der Waals surface area contributed by atoms with Gasteiger partial charge in [0.25, 0.3) is 5.91 Å². The van der Waals surface area contributed by atoms with Crippen LogP contribution >= 0.6 is 11.6 Å². The van der Waals surface area contributed by atoms with Gasteiger partial charge in [0.15, 0.2) is 6.61 Å². The summed E-state index contributed by atoms with van der Waals surface area (Å²) in [5.41, 5.74) is 0. The summed E-state index contributed by atoms with van der Waals surface area (Å²) >= 11 is 6.15. The highest BCUT2D eigenvalue weighted by Crippen LogP contribution is 2.29. The smallest absolute Gasteiger partial charge is 0.258 e. The molecule has 0 spiro atoms. The first-order valence-corrected chi connectivity index (χ1v) is 10.3. The molecule has 26 heavy (non-hydrogen) atoms. The van der Waals surface area contributed by atoms with Crippen molar-refractivity contribution < 1.29 is 22.7 Å². The number of morpholine rings is 1. The van der Waals surface area contributed by atoms with Crippen molar-refractivity contribution in [1.82, 2.24) is 9.62 Å². The molecule has 1 amide bonds. The molecule has 1 N–H and O–H groups in total. The molecular formula is C17H25ClN2O5S. The molecule has 1 fully saturated rings. The summed E-state index contributed by atoms with van der Waals surface area (Å²) < 4.78 is 37.2. The molecule has 9 heteroatoms. The van der Waals surface area contributed by atoms with Crippen LogP contribution in [0.1, 0.15) is 20.8 Å². The first kappa shape index (κ1) is 21.0. The Balaban J connectivity index is 2.02. The molecule has 0 saturated carbocycles. The summed E-state index contributed by atoms with van der Waals surface area (Å²) in [4.78, 5) is 12.0. The predicted molar refractivity (Wildman–Crippen MR) is 99.0 cm³/mol. The monoisotopic (exact) mass is 404 g/mol. The Morgan fingerprint density at radius 3 is 2.54 bits per heavy atom. The first-order chi connectivity index (χ1) is 12.2. The average Bonchev–Trinajstić information content (AvgIpc) is 2.61. The maximum Gasteiger partial charge on any atom is 0.258 e. The van der Waals surface area contributed by atoms with E-state index in [9.17, 15) is 13.2 Å². The van der Waals surface area contributed by atoms with Crippen LogP contribution in [-0.2, 0) is 19.6 Å². The van der Waals surface area contributed by atoms with Gasteiger partial charge in [0.05, 0.1) is 23.1 Å². The number of carbonyl (C=O) groups excluding carboxylic acids is 1. The normalized spacial score (nSPS) is 17.1. The van der Waals surface area contributed by atoms with E-state index in [1.165, 1.54) is 22.5 Å². The number of hydrogen-bond acceptors (Lipinski definition) is 5. The summed E-state index contributed by atoms with van der Waals surface area (Å²) in [5.74, 6) is 0.319. The van der Waals surface area contributed by atoms with Gasteiger partial charge in [-0.15, -0.1) is 0 Å². The van der Waals surface area contributed by atoms with Gasteiger partial charge >= 0.3 is 0 Å². The number of hydrogen-bond donors (Lipinski definition) is 1. The average molecular weight is 405 g/mol. The number of rotatable bonds is 7. The minimum absolute atomic E-state index is 0.0302. The van der Waals surface area contributed by atoms with Crippen molar-refractivity contribution in [3.05, 3.63) is 23.2 Å². The van der Waals surface area contributed by atoms with Crippen molar-refractivity contribution in [3.8, 4) is 5.75 Å². The van der Waals surface area contributed by atoms with E-state index in [0.29, 0.717) is 32.2 Å². The maximum atomic E-state index is 12.6. The lowest BCUT2D eigenvalue weighted by molar-refractivity contribution is -0.124. The van der Waals surface area contributed by atoms with Gasteiger partial charge in [-0.3, -0.25) is 4.79 Å². The molecule has 0 bridgehead atoms. The van der Waals surface area contributed by atoms with Crippen LogP contribution in [0.2, 0.25) is 5.02 Å².